The Morgan fingerprint density at radius 1 is 1.31 bits per heavy atom. The Morgan fingerprint density at radius 3 is 2.62 bits per heavy atom. The molecule has 0 aliphatic rings. The average molecular weight is 396 g/mol. The second-order valence-electron chi connectivity index (χ2n) is 6.86. The minimum absolute atomic E-state index is 0.180. The summed E-state index contributed by atoms with van der Waals surface area (Å²) in [6.45, 7) is 8.41. The van der Waals surface area contributed by atoms with Crippen LogP contribution < -0.4 is 4.74 Å². The predicted molar refractivity (Wildman–Crippen MR) is 114 cm³/mol. The summed E-state index contributed by atoms with van der Waals surface area (Å²) in [4.78, 5) is 12.8. The third kappa shape index (κ3) is 6.99. The summed E-state index contributed by atoms with van der Waals surface area (Å²) in [7, 11) is 1.97. The number of hydrogen-bond donors (Lipinski definition) is 1. The van der Waals surface area contributed by atoms with Crippen LogP contribution in [0.25, 0.3) is 5.57 Å². The summed E-state index contributed by atoms with van der Waals surface area (Å²) in [5, 5.41) is 13.1. The predicted octanol–water partition coefficient (Wildman–Crippen LogP) is 4.75. The summed E-state index contributed by atoms with van der Waals surface area (Å²) in [6, 6.07) is 7.90. The summed E-state index contributed by atoms with van der Waals surface area (Å²) >= 11 is 0. The normalized spacial score (nSPS) is 11.6. The smallest absolute Gasteiger partial charge is 0.142 e. The molecule has 154 valence electrons. The SMILES string of the molecule is C=C(O)CCCOc1ccc(CN(C)/C=C(\C=CC=O)c2c(C)noc2C)cc1. The van der Waals surface area contributed by atoms with E-state index in [0.717, 1.165) is 40.9 Å². The molecule has 2 rings (SSSR count). The van der Waals surface area contributed by atoms with Crippen LogP contribution in [0.2, 0.25) is 0 Å². The zero-order chi connectivity index (χ0) is 21.2. The van der Waals surface area contributed by atoms with Gasteiger partial charge in [0.2, 0.25) is 0 Å². The van der Waals surface area contributed by atoms with E-state index in [1.54, 1.807) is 6.08 Å². The van der Waals surface area contributed by atoms with Crippen LogP contribution in [0.15, 0.2) is 59.5 Å². The van der Waals surface area contributed by atoms with Crippen LogP contribution in [0.1, 0.15) is 35.4 Å². The Hall–Kier alpha value is -3.28. The van der Waals surface area contributed by atoms with Gasteiger partial charge in [-0.25, -0.2) is 0 Å². The zero-order valence-electron chi connectivity index (χ0n) is 17.2. The second-order valence-corrected chi connectivity index (χ2v) is 6.86. The van der Waals surface area contributed by atoms with E-state index in [1.165, 1.54) is 6.08 Å². The molecule has 0 bridgehead atoms. The standard InChI is InChI=1S/C23H28N2O4/c1-17(27)7-6-14-28-22-11-9-20(10-12-22)15-25(4)16-21(8-5-13-26)23-18(2)24-29-19(23)3/h5,8-13,16,27H,1,6-7,14-15H2,2-4H3/b8-5?,21-16+. The van der Waals surface area contributed by atoms with Crippen molar-refractivity contribution in [3.8, 4) is 5.75 Å². The lowest BCUT2D eigenvalue weighted by Crippen LogP contribution is -2.11. The van der Waals surface area contributed by atoms with E-state index in [2.05, 4.69) is 11.7 Å². The lowest BCUT2D eigenvalue weighted by Gasteiger charge is -2.16. The van der Waals surface area contributed by atoms with Gasteiger partial charge in [-0.3, -0.25) is 4.79 Å². The van der Waals surface area contributed by atoms with Crippen LogP contribution in [-0.2, 0) is 11.3 Å². The van der Waals surface area contributed by atoms with Crippen molar-refractivity contribution in [1.29, 1.82) is 0 Å². The van der Waals surface area contributed by atoms with Crippen molar-refractivity contribution < 1.29 is 19.2 Å². The molecule has 2 aromatic rings. The number of aliphatic hydroxyl groups is 1. The van der Waals surface area contributed by atoms with E-state index in [1.807, 2.05) is 56.3 Å². The monoisotopic (exact) mass is 396 g/mol. The molecule has 1 aromatic heterocycles. The molecule has 1 aromatic carbocycles. The van der Waals surface area contributed by atoms with Gasteiger partial charge in [0, 0.05) is 37.3 Å². The fourth-order valence-electron chi connectivity index (χ4n) is 2.96. The highest BCUT2D eigenvalue weighted by atomic mass is 16.5. The Bertz CT molecular complexity index is 859. The molecule has 0 atom stereocenters. The van der Waals surface area contributed by atoms with E-state index in [0.29, 0.717) is 25.3 Å². The van der Waals surface area contributed by atoms with E-state index in [9.17, 15) is 4.79 Å². The van der Waals surface area contributed by atoms with Crippen molar-refractivity contribution in [3.05, 3.63) is 77.5 Å². The van der Waals surface area contributed by atoms with Gasteiger partial charge in [0.05, 0.1) is 18.1 Å². The minimum atomic E-state index is 0.180. The molecule has 0 fully saturated rings. The van der Waals surface area contributed by atoms with Crippen molar-refractivity contribution in [2.75, 3.05) is 13.7 Å². The van der Waals surface area contributed by atoms with Crippen LogP contribution >= 0.6 is 0 Å². The summed E-state index contributed by atoms with van der Waals surface area (Å²) < 4.78 is 10.9. The number of aromatic nitrogens is 1. The van der Waals surface area contributed by atoms with Gasteiger partial charge in [-0.2, -0.15) is 0 Å². The molecule has 0 aliphatic heterocycles. The molecule has 0 unspecified atom stereocenters. The first kappa shape index (κ1) is 22.0. The van der Waals surface area contributed by atoms with Gasteiger partial charge in [-0.05, 0) is 50.1 Å². The molecule has 6 nitrogen and oxygen atoms in total. The first-order chi connectivity index (χ1) is 13.9. The number of aldehydes is 1. The molecular weight excluding hydrogens is 368 g/mol. The number of allylic oxidation sites excluding steroid dienone is 4. The molecule has 0 aliphatic carbocycles. The fourth-order valence-corrected chi connectivity index (χ4v) is 2.96. The van der Waals surface area contributed by atoms with Gasteiger partial charge in [0.1, 0.15) is 17.8 Å². The Balaban J connectivity index is 2.03. The number of ether oxygens (including phenoxy) is 1. The van der Waals surface area contributed by atoms with Crippen molar-refractivity contribution in [2.24, 2.45) is 0 Å². The molecule has 1 heterocycles. The van der Waals surface area contributed by atoms with Crippen molar-refractivity contribution in [2.45, 2.75) is 33.2 Å². The van der Waals surface area contributed by atoms with Gasteiger partial charge in [0.15, 0.2) is 0 Å². The maximum absolute atomic E-state index is 10.8. The first-order valence-corrected chi connectivity index (χ1v) is 9.46. The number of rotatable bonds is 11. The number of aliphatic hydroxyl groups excluding tert-OH is 1. The second kappa shape index (κ2) is 10.9. The van der Waals surface area contributed by atoms with Crippen molar-refractivity contribution in [1.82, 2.24) is 10.1 Å². The highest BCUT2D eigenvalue weighted by molar-refractivity contribution is 5.80. The average Bonchev–Trinajstić information content (AvgIpc) is 3.01. The number of carbonyl (C=O) groups is 1. The van der Waals surface area contributed by atoms with Gasteiger partial charge < -0.3 is 19.3 Å². The Morgan fingerprint density at radius 2 is 2.03 bits per heavy atom. The molecular formula is C23H28N2O4. The third-order valence-corrected chi connectivity index (χ3v) is 4.27. The lowest BCUT2D eigenvalue weighted by atomic mass is 10.0. The van der Waals surface area contributed by atoms with E-state index >= 15 is 0 Å². The number of carbonyl (C=O) groups excluding carboxylic acids is 1. The number of benzene rings is 1. The molecule has 29 heavy (non-hydrogen) atoms. The Kier molecular flexibility index (Phi) is 8.27. The fraction of sp³-hybridized carbons (Fsp3) is 0.304. The van der Waals surface area contributed by atoms with Gasteiger partial charge >= 0.3 is 0 Å². The largest absolute Gasteiger partial charge is 0.513 e. The molecule has 0 saturated carbocycles. The maximum atomic E-state index is 10.8. The first-order valence-electron chi connectivity index (χ1n) is 9.46. The van der Waals surface area contributed by atoms with E-state index in [4.69, 9.17) is 14.4 Å². The Labute approximate surface area is 171 Å². The number of hydrogen-bond acceptors (Lipinski definition) is 6. The summed E-state index contributed by atoms with van der Waals surface area (Å²) in [5.41, 5.74) is 3.66. The third-order valence-electron chi connectivity index (χ3n) is 4.27. The van der Waals surface area contributed by atoms with Crippen molar-refractivity contribution >= 4 is 11.9 Å². The van der Waals surface area contributed by atoms with Crippen molar-refractivity contribution in [3.63, 3.8) is 0 Å². The number of nitrogens with zero attached hydrogens (tertiary/aromatic N) is 2. The number of aryl methyl sites for hydroxylation is 2. The van der Waals surface area contributed by atoms with Crippen LogP contribution in [0.3, 0.4) is 0 Å². The highest BCUT2D eigenvalue weighted by Gasteiger charge is 2.13. The van der Waals surface area contributed by atoms with Crippen LogP contribution in [-0.4, -0.2) is 35.1 Å². The van der Waals surface area contributed by atoms with Crippen LogP contribution in [0, 0.1) is 13.8 Å². The zero-order valence-corrected chi connectivity index (χ0v) is 17.2. The van der Waals surface area contributed by atoms with Gasteiger partial charge in [-0.15, -0.1) is 0 Å². The summed E-state index contributed by atoms with van der Waals surface area (Å²) in [5.74, 6) is 1.68. The maximum Gasteiger partial charge on any atom is 0.142 e. The van der Waals surface area contributed by atoms with Gasteiger partial charge in [0.25, 0.3) is 0 Å². The molecule has 0 spiro atoms. The van der Waals surface area contributed by atoms with E-state index < -0.39 is 0 Å². The van der Waals surface area contributed by atoms with Crippen LogP contribution in [0.5, 0.6) is 5.75 Å². The molecule has 0 amide bonds. The lowest BCUT2D eigenvalue weighted by molar-refractivity contribution is -0.104. The summed E-state index contributed by atoms with van der Waals surface area (Å²) in [6.07, 6.45) is 7.21. The molecule has 6 heteroatoms. The van der Waals surface area contributed by atoms with Crippen LogP contribution in [0.4, 0.5) is 0 Å². The molecule has 1 N–H and O–H groups in total. The molecule has 0 saturated heterocycles. The molecule has 0 radical (unpaired) electrons. The van der Waals surface area contributed by atoms with Gasteiger partial charge in [-0.1, -0.05) is 23.9 Å². The highest BCUT2D eigenvalue weighted by Crippen LogP contribution is 2.24. The van der Waals surface area contributed by atoms with E-state index in [-0.39, 0.29) is 5.76 Å². The topological polar surface area (TPSA) is 75.8 Å². The minimum Gasteiger partial charge on any atom is -0.513 e. The quantitative estimate of drug-likeness (QED) is 0.194.